The molecule has 112 valence electrons. The molecular formula is C12H14F3NO4. The van der Waals surface area contributed by atoms with Crippen LogP contribution in [0, 0.1) is 5.92 Å². The molecule has 0 amide bonds. The van der Waals surface area contributed by atoms with Crippen molar-refractivity contribution in [2.45, 2.75) is 24.2 Å². The summed E-state index contributed by atoms with van der Waals surface area (Å²) in [5, 5.41) is 12.8. The molecule has 0 saturated carbocycles. The molecule has 1 aromatic heterocycles. The molecule has 20 heavy (non-hydrogen) atoms. The lowest BCUT2D eigenvalue weighted by Gasteiger charge is -2.35. The Morgan fingerprint density at radius 3 is 2.75 bits per heavy atom. The molecule has 8 heteroatoms. The number of methoxy groups -OCH3 is 1. The second-order valence-electron chi connectivity index (χ2n) is 4.60. The number of furan rings is 1. The van der Waals surface area contributed by atoms with Crippen LogP contribution >= 0.6 is 0 Å². The Labute approximate surface area is 112 Å². The summed E-state index contributed by atoms with van der Waals surface area (Å²) in [4.78, 5) is 11.5. The first-order chi connectivity index (χ1) is 9.32. The minimum absolute atomic E-state index is 0.0313. The summed E-state index contributed by atoms with van der Waals surface area (Å²) in [6.45, 7) is 0.228. The number of carbonyl (C=O) groups excluding carboxylic acids is 1. The first-order valence-electron chi connectivity index (χ1n) is 5.96. The number of rotatable bonds is 3. The van der Waals surface area contributed by atoms with Crippen molar-refractivity contribution in [3.05, 3.63) is 24.2 Å². The van der Waals surface area contributed by atoms with Crippen molar-refractivity contribution < 1.29 is 32.2 Å². The second-order valence-corrected chi connectivity index (χ2v) is 4.60. The zero-order valence-electron chi connectivity index (χ0n) is 10.6. The standard InChI is InChI=1S/C12H14F3NO4/c1-19-10(17)11(18,12(13,14)15)7-4-5-16-9(7)8-3-2-6-20-8/h2-3,6-7,9,16,18H,4-5H2,1H3/t7-,9-,11-/m1/s1. The Morgan fingerprint density at radius 1 is 1.55 bits per heavy atom. The molecule has 2 heterocycles. The number of carbonyl (C=O) groups is 1. The normalized spacial score (nSPS) is 26.2. The lowest BCUT2D eigenvalue weighted by Crippen LogP contribution is -2.59. The molecule has 1 aliphatic heterocycles. The van der Waals surface area contributed by atoms with E-state index >= 15 is 0 Å². The van der Waals surface area contributed by atoms with Crippen LogP contribution in [0.5, 0.6) is 0 Å². The van der Waals surface area contributed by atoms with Gasteiger partial charge in [0.25, 0.3) is 5.60 Å². The Kier molecular flexibility index (Phi) is 3.79. The first-order valence-corrected chi connectivity index (χ1v) is 5.96. The fraction of sp³-hybridized carbons (Fsp3) is 0.583. The molecule has 0 aliphatic carbocycles. The van der Waals surface area contributed by atoms with Crippen molar-refractivity contribution in [3.8, 4) is 0 Å². The molecule has 0 aromatic carbocycles. The molecule has 2 N–H and O–H groups in total. The summed E-state index contributed by atoms with van der Waals surface area (Å²) in [5.41, 5.74) is -3.57. The predicted molar refractivity (Wildman–Crippen MR) is 60.6 cm³/mol. The van der Waals surface area contributed by atoms with Gasteiger partial charge in [0.15, 0.2) is 0 Å². The number of alkyl halides is 3. The number of ether oxygens (including phenoxy) is 1. The molecule has 1 saturated heterocycles. The van der Waals surface area contributed by atoms with E-state index in [1.807, 2.05) is 0 Å². The summed E-state index contributed by atoms with van der Waals surface area (Å²) in [7, 11) is 0.809. The average molecular weight is 293 g/mol. The molecule has 1 aromatic rings. The van der Waals surface area contributed by atoms with Crippen LogP contribution in [0.3, 0.4) is 0 Å². The number of nitrogens with one attached hydrogen (secondary N) is 1. The number of aliphatic hydroxyl groups is 1. The largest absolute Gasteiger partial charge is 0.468 e. The lowest BCUT2D eigenvalue weighted by molar-refractivity contribution is -0.279. The summed E-state index contributed by atoms with van der Waals surface area (Å²) >= 11 is 0. The molecule has 0 unspecified atom stereocenters. The maximum absolute atomic E-state index is 13.2. The van der Waals surface area contributed by atoms with Gasteiger partial charge in [-0.25, -0.2) is 4.79 Å². The van der Waals surface area contributed by atoms with Gasteiger partial charge in [-0.3, -0.25) is 0 Å². The van der Waals surface area contributed by atoms with Crippen molar-refractivity contribution >= 4 is 5.97 Å². The highest BCUT2D eigenvalue weighted by molar-refractivity contribution is 5.81. The highest BCUT2D eigenvalue weighted by Crippen LogP contribution is 2.46. The van der Waals surface area contributed by atoms with Crippen molar-refractivity contribution in [3.63, 3.8) is 0 Å². The van der Waals surface area contributed by atoms with E-state index in [0.717, 1.165) is 7.11 Å². The van der Waals surface area contributed by atoms with Gasteiger partial charge in [-0.05, 0) is 25.1 Å². The first kappa shape index (κ1) is 14.9. The third kappa shape index (κ3) is 2.18. The van der Waals surface area contributed by atoms with Gasteiger partial charge in [0.05, 0.1) is 19.4 Å². The molecule has 0 bridgehead atoms. The summed E-state index contributed by atoms with van der Waals surface area (Å²) in [6.07, 6.45) is -3.85. The van der Waals surface area contributed by atoms with E-state index in [9.17, 15) is 23.1 Å². The monoisotopic (exact) mass is 293 g/mol. The summed E-state index contributed by atoms with van der Waals surface area (Å²) in [5.74, 6) is -2.89. The third-order valence-corrected chi connectivity index (χ3v) is 3.54. The molecule has 3 atom stereocenters. The SMILES string of the molecule is COC(=O)[C@](O)([C@@H]1CCN[C@H]1c1ccco1)C(F)(F)F. The molecule has 1 fully saturated rings. The van der Waals surface area contributed by atoms with Crippen molar-refractivity contribution in [2.75, 3.05) is 13.7 Å². The molecule has 0 spiro atoms. The van der Waals surface area contributed by atoms with Crippen LogP contribution in [-0.4, -0.2) is 36.5 Å². The Balaban J connectivity index is 2.41. The van der Waals surface area contributed by atoms with E-state index in [1.165, 1.54) is 18.4 Å². The van der Waals surface area contributed by atoms with Gasteiger partial charge in [0, 0.05) is 5.92 Å². The van der Waals surface area contributed by atoms with Gasteiger partial charge in [0.2, 0.25) is 0 Å². The number of esters is 1. The molecular weight excluding hydrogens is 279 g/mol. The van der Waals surface area contributed by atoms with E-state index in [0.29, 0.717) is 0 Å². The fourth-order valence-corrected chi connectivity index (χ4v) is 2.55. The smallest absolute Gasteiger partial charge is 0.428 e. The van der Waals surface area contributed by atoms with Gasteiger partial charge in [-0.2, -0.15) is 13.2 Å². The topological polar surface area (TPSA) is 71.7 Å². The van der Waals surface area contributed by atoms with Crippen molar-refractivity contribution in [1.29, 1.82) is 0 Å². The fourth-order valence-electron chi connectivity index (χ4n) is 2.55. The molecule has 5 nitrogen and oxygen atoms in total. The molecule has 1 aliphatic rings. The van der Waals surface area contributed by atoms with Gasteiger partial charge < -0.3 is 19.6 Å². The highest BCUT2D eigenvalue weighted by atomic mass is 19.4. The van der Waals surface area contributed by atoms with Crippen LogP contribution in [0.1, 0.15) is 18.2 Å². The van der Waals surface area contributed by atoms with Crippen LogP contribution < -0.4 is 5.32 Å². The van der Waals surface area contributed by atoms with Crippen LogP contribution in [0.25, 0.3) is 0 Å². The van der Waals surface area contributed by atoms with Crippen LogP contribution in [0.4, 0.5) is 13.2 Å². The summed E-state index contributed by atoms with van der Waals surface area (Å²) < 4.78 is 48.8. The number of hydrogen-bond acceptors (Lipinski definition) is 5. The third-order valence-electron chi connectivity index (χ3n) is 3.54. The zero-order valence-corrected chi connectivity index (χ0v) is 10.6. The van der Waals surface area contributed by atoms with Crippen LogP contribution in [0.15, 0.2) is 22.8 Å². The van der Waals surface area contributed by atoms with E-state index in [2.05, 4.69) is 10.1 Å². The second kappa shape index (κ2) is 5.10. The van der Waals surface area contributed by atoms with E-state index in [1.54, 1.807) is 0 Å². The van der Waals surface area contributed by atoms with Gasteiger partial charge in [0.1, 0.15) is 5.76 Å². The zero-order chi connectivity index (χ0) is 15.0. The number of halogens is 3. The van der Waals surface area contributed by atoms with Gasteiger partial charge >= 0.3 is 12.1 Å². The van der Waals surface area contributed by atoms with Crippen molar-refractivity contribution in [2.24, 2.45) is 5.92 Å². The van der Waals surface area contributed by atoms with Crippen LogP contribution in [-0.2, 0) is 9.53 Å². The van der Waals surface area contributed by atoms with Crippen molar-refractivity contribution in [1.82, 2.24) is 5.32 Å². The quantitative estimate of drug-likeness (QED) is 0.824. The predicted octanol–water partition coefficient (Wildman–Crippen LogP) is 1.40. The van der Waals surface area contributed by atoms with Gasteiger partial charge in [-0.1, -0.05) is 0 Å². The van der Waals surface area contributed by atoms with Crippen LogP contribution in [0.2, 0.25) is 0 Å². The summed E-state index contributed by atoms with van der Waals surface area (Å²) in [6, 6.07) is 2.11. The minimum Gasteiger partial charge on any atom is -0.468 e. The minimum atomic E-state index is -5.14. The highest BCUT2D eigenvalue weighted by Gasteiger charge is 2.67. The van der Waals surface area contributed by atoms with E-state index in [-0.39, 0.29) is 18.7 Å². The molecule has 0 radical (unpaired) electrons. The maximum atomic E-state index is 13.2. The van der Waals surface area contributed by atoms with E-state index < -0.39 is 29.7 Å². The average Bonchev–Trinajstić information content (AvgIpc) is 3.04. The number of hydrogen-bond donors (Lipinski definition) is 2. The Morgan fingerprint density at radius 2 is 2.25 bits per heavy atom. The van der Waals surface area contributed by atoms with E-state index in [4.69, 9.17) is 4.42 Å². The Hall–Kier alpha value is -1.54. The lowest BCUT2D eigenvalue weighted by atomic mass is 9.80. The molecule has 2 rings (SSSR count). The van der Waals surface area contributed by atoms with Gasteiger partial charge in [-0.15, -0.1) is 0 Å². The maximum Gasteiger partial charge on any atom is 0.428 e. The Bertz CT molecular complexity index is 474.